The molecule has 0 atom stereocenters. The van der Waals surface area contributed by atoms with E-state index in [1.54, 1.807) is 0 Å². The summed E-state index contributed by atoms with van der Waals surface area (Å²) in [6, 6.07) is 16.8. The molecule has 4 N–H and O–H groups in total. The molecule has 0 spiro atoms. The molecule has 3 heteroatoms. The number of hydrogen-bond donors (Lipinski definition) is 2. The number of ether oxygens (including phenoxy) is 1. The fourth-order valence-electron chi connectivity index (χ4n) is 2.83. The van der Waals surface area contributed by atoms with Crippen LogP contribution in [-0.4, -0.2) is 13.2 Å². The summed E-state index contributed by atoms with van der Waals surface area (Å²) in [5.74, 6) is 0. The Balaban J connectivity index is 1.61. The van der Waals surface area contributed by atoms with Crippen molar-refractivity contribution in [3.05, 3.63) is 70.8 Å². The Hall–Kier alpha value is -1.68. The largest absolute Gasteiger partial charge is 0.381 e. The lowest BCUT2D eigenvalue weighted by molar-refractivity contribution is 0.129. The second-order valence-corrected chi connectivity index (χ2v) is 5.77. The molecule has 0 fully saturated rings. The second-order valence-electron chi connectivity index (χ2n) is 5.77. The Kier molecular flexibility index (Phi) is 7.81. The van der Waals surface area contributed by atoms with Gasteiger partial charge in [0.1, 0.15) is 0 Å². The molecule has 0 radical (unpaired) electrons. The van der Waals surface area contributed by atoms with Crippen molar-refractivity contribution >= 4 is 0 Å². The zero-order valence-corrected chi connectivity index (χ0v) is 13.8. The number of benzene rings is 2. The van der Waals surface area contributed by atoms with Crippen LogP contribution in [0.1, 0.15) is 35.1 Å². The summed E-state index contributed by atoms with van der Waals surface area (Å²) in [6.07, 6.45) is 4.14. The van der Waals surface area contributed by atoms with Crippen LogP contribution >= 0.6 is 0 Å². The molecular formula is C20H28N2O. The van der Waals surface area contributed by atoms with Crippen LogP contribution in [-0.2, 0) is 30.7 Å². The van der Waals surface area contributed by atoms with Crippen LogP contribution in [0.3, 0.4) is 0 Å². The molecule has 3 nitrogen and oxygen atoms in total. The Bertz CT molecular complexity index is 532. The first-order chi connectivity index (χ1) is 11.3. The summed E-state index contributed by atoms with van der Waals surface area (Å²) in [4.78, 5) is 0. The van der Waals surface area contributed by atoms with Gasteiger partial charge in [-0.15, -0.1) is 0 Å². The third kappa shape index (κ3) is 5.79. The molecule has 0 saturated carbocycles. The zero-order valence-electron chi connectivity index (χ0n) is 13.8. The summed E-state index contributed by atoms with van der Waals surface area (Å²) in [7, 11) is 0. The van der Waals surface area contributed by atoms with Crippen LogP contribution in [0.15, 0.2) is 48.5 Å². The lowest BCUT2D eigenvalue weighted by Crippen LogP contribution is -2.05. The van der Waals surface area contributed by atoms with Crippen LogP contribution in [0.5, 0.6) is 0 Å². The van der Waals surface area contributed by atoms with Crippen LogP contribution in [0.2, 0.25) is 0 Å². The Morgan fingerprint density at radius 3 is 1.39 bits per heavy atom. The molecular weight excluding hydrogens is 284 g/mol. The summed E-state index contributed by atoms with van der Waals surface area (Å²) in [5, 5.41) is 0. The van der Waals surface area contributed by atoms with Crippen LogP contribution < -0.4 is 11.5 Å². The maximum Gasteiger partial charge on any atom is 0.0469 e. The Labute approximate surface area is 139 Å². The molecule has 2 rings (SSSR count). The van der Waals surface area contributed by atoms with Crippen molar-refractivity contribution in [1.29, 1.82) is 0 Å². The first kappa shape index (κ1) is 17.7. The minimum Gasteiger partial charge on any atom is -0.381 e. The zero-order chi connectivity index (χ0) is 16.3. The highest BCUT2D eigenvalue weighted by atomic mass is 16.5. The third-order valence-corrected chi connectivity index (χ3v) is 4.15. The molecule has 0 saturated heterocycles. The highest BCUT2D eigenvalue weighted by Gasteiger charge is 2.01. The van der Waals surface area contributed by atoms with E-state index in [4.69, 9.17) is 16.2 Å². The molecule has 0 aliphatic carbocycles. The van der Waals surface area contributed by atoms with Gasteiger partial charge in [-0.25, -0.2) is 0 Å². The quantitative estimate of drug-likeness (QED) is 0.662. The highest BCUT2D eigenvalue weighted by Crippen LogP contribution is 2.12. The van der Waals surface area contributed by atoms with Crippen LogP contribution in [0, 0.1) is 0 Å². The highest BCUT2D eigenvalue weighted by molar-refractivity contribution is 5.27. The van der Waals surface area contributed by atoms with Gasteiger partial charge in [0, 0.05) is 26.3 Å². The van der Waals surface area contributed by atoms with Gasteiger partial charge in [-0.1, -0.05) is 48.5 Å². The van der Waals surface area contributed by atoms with Crippen molar-refractivity contribution in [3.63, 3.8) is 0 Å². The predicted octanol–water partition coefficient (Wildman–Crippen LogP) is 3.19. The van der Waals surface area contributed by atoms with Gasteiger partial charge >= 0.3 is 0 Å². The summed E-state index contributed by atoms with van der Waals surface area (Å²) in [5.41, 5.74) is 16.7. The monoisotopic (exact) mass is 312 g/mol. The van der Waals surface area contributed by atoms with Crippen molar-refractivity contribution in [2.45, 2.75) is 38.8 Å². The lowest BCUT2D eigenvalue weighted by atomic mass is 10.0. The molecule has 2 aromatic carbocycles. The predicted molar refractivity (Wildman–Crippen MR) is 96.1 cm³/mol. The smallest absolute Gasteiger partial charge is 0.0469 e. The standard InChI is InChI=1S/C20H28N2O/c21-15-19-9-3-1-7-17(19)11-5-13-23-14-6-12-18-8-2-4-10-20(18)16-22/h1-4,7-10H,5-6,11-16,21-22H2. The minimum atomic E-state index is 0.609. The molecule has 0 heterocycles. The number of aryl methyl sites for hydroxylation is 2. The van der Waals surface area contributed by atoms with Crippen LogP contribution in [0.4, 0.5) is 0 Å². The first-order valence-electron chi connectivity index (χ1n) is 8.46. The number of rotatable bonds is 10. The Morgan fingerprint density at radius 2 is 1.00 bits per heavy atom. The van der Waals surface area contributed by atoms with E-state index >= 15 is 0 Å². The van der Waals surface area contributed by atoms with Gasteiger partial charge in [0.15, 0.2) is 0 Å². The molecule has 0 aliphatic rings. The molecule has 0 aliphatic heterocycles. The maximum absolute atomic E-state index is 5.76. The van der Waals surface area contributed by atoms with Gasteiger partial charge < -0.3 is 16.2 Å². The number of nitrogens with two attached hydrogens (primary N) is 2. The van der Waals surface area contributed by atoms with Gasteiger partial charge in [0.2, 0.25) is 0 Å². The molecule has 2 aromatic rings. The van der Waals surface area contributed by atoms with Crippen molar-refractivity contribution in [3.8, 4) is 0 Å². The van der Waals surface area contributed by atoms with E-state index in [1.165, 1.54) is 22.3 Å². The van der Waals surface area contributed by atoms with E-state index in [-0.39, 0.29) is 0 Å². The number of hydrogen-bond acceptors (Lipinski definition) is 3. The lowest BCUT2D eigenvalue weighted by Gasteiger charge is -2.09. The SMILES string of the molecule is NCc1ccccc1CCCOCCCc1ccccc1CN. The summed E-state index contributed by atoms with van der Waals surface area (Å²) >= 11 is 0. The minimum absolute atomic E-state index is 0.609. The summed E-state index contributed by atoms with van der Waals surface area (Å²) < 4.78 is 5.76. The molecule has 0 bridgehead atoms. The topological polar surface area (TPSA) is 61.3 Å². The fourth-order valence-corrected chi connectivity index (χ4v) is 2.83. The van der Waals surface area contributed by atoms with Gasteiger partial charge in [0.25, 0.3) is 0 Å². The average Bonchev–Trinajstić information content (AvgIpc) is 2.61. The third-order valence-electron chi connectivity index (χ3n) is 4.15. The van der Waals surface area contributed by atoms with E-state index in [2.05, 4.69) is 36.4 Å². The first-order valence-corrected chi connectivity index (χ1v) is 8.46. The van der Waals surface area contributed by atoms with Gasteiger partial charge in [0.05, 0.1) is 0 Å². The maximum atomic E-state index is 5.76. The molecule has 124 valence electrons. The van der Waals surface area contributed by atoms with Crippen molar-refractivity contribution < 1.29 is 4.74 Å². The molecule has 0 amide bonds. The second kappa shape index (κ2) is 10.2. The van der Waals surface area contributed by atoms with Crippen molar-refractivity contribution in [2.24, 2.45) is 11.5 Å². The van der Waals surface area contributed by atoms with Crippen LogP contribution in [0.25, 0.3) is 0 Å². The van der Waals surface area contributed by atoms with Gasteiger partial charge in [-0.2, -0.15) is 0 Å². The van der Waals surface area contributed by atoms with E-state index in [1.807, 2.05) is 12.1 Å². The van der Waals surface area contributed by atoms with Gasteiger partial charge in [-0.3, -0.25) is 0 Å². The molecule has 0 unspecified atom stereocenters. The average molecular weight is 312 g/mol. The van der Waals surface area contributed by atoms with Gasteiger partial charge in [-0.05, 0) is 47.9 Å². The van der Waals surface area contributed by atoms with E-state index < -0.39 is 0 Å². The van der Waals surface area contributed by atoms with E-state index in [0.717, 1.165) is 38.9 Å². The Morgan fingerprint density at radius 1 is 0.609 bits per heavy atom. The van der Waals surface area contributed by atoms with Crippen molar-refractivity contribution in [2.75, 3.05) is 13.2 Å². The molecule has 23 heavy (non-hydrogen) atoms. The normalized spacial score (nSPS) is 10.9. The fraction of sp³-hybridized carbons (Fsp3) is 0.400. The molecule has 0 aromatic heterocycles. The van der Waals surface area contributed by atoms with E-state index in [0.29, 0.717) is 13.1 Å². The van der Waals surface area contributed by atoms with E-state index in [9.17, 15) is 0 Å². The van der Waals surface area contributed by atoms with Crippen molar-refractivity contribution in [1.82, 2.24) is 0 Å². The summed E-state index contributed by atoms with van der Waals surface area (Å²) in [6.45, 7) is 2.82.